The van der Waals surface area contributed by atoms with E-state index in [1.165, 1.54) is 11.3 Å². The van der Waals surface area contributed by atoms with Crippen LogP contribution in [-0.4, -0.2) is 112 Å². The average molecular weight is 616 g/mol. The van der Waals surface area contributed by atoms with Crippen LogP contribution in [-0.2, 0) is 28.7 Å². The van der Waals surface area contributed by atoms with E-state index in [2.05, 4.69) is 22.2 Å². The molecule has 5 N–H and O–H groups in total. The monoisotopic (exact) mass is 615 g/mol. The van der Waals surface area contributed by atoms with Crippen LogP contribution in [0.4, 0.5) is 5.00 Å². The first-order chi connectivity index (χ1) is 19.2. The molecule has 0 bridgehead atoms. The van der Waals surface area contributed by atoms with Gasteiger partial charge in [-0.15, -0.1) is 11.3 Å². The number of carbonyl (C=O) groups is 6. The van der Waals surface area contributed by atoms with Crippen LogP contribution < -0.4 is 5.32 Å². The first-order valence-corrected chi connectivity index (χ1v) is 13.1. The third-order valence-electron chi connectivity index (χ3n) is 5.27. The third kappa shape index (κ3) is 11.9. The van der Waals surface area contributed by atoms with Crippen LogP contribution in [0.2, 0.25) is 4.34 Å². The van der Waals surface area contributed by atoms with Gasteiger partial charge in [-0.25, -0.2) is 24.0 Å². The molecular weight excluding hydrogens is 586 g/mol. The highest BCUT2D eigenvalue weighted by Gasteiger charge is 2.27. The summed E-state index contributed by atoms with van der Waals surface area (Å²) in [5, 5.41) is 32.9. The summed E-state index contributed by atoms with van der Waals surface area (Å²) in [6.07, 6.45) is 0. The lowest BCUT2D eigenvalue weighted by molar-refractivity contribution is -0.159. The molecule has 1 fully saturated rings. The van der Waals surface area contributed by atoms with Gasteiger partial charge in [0.25, 0.3) is 0 Å². The molecule has 1 aromatic carbocycles. The van der Waals surface area contributed by atoms with Crippen LogP contribution >= 0.6 is 22.9 Å². The summed E-state index contributed by atoms with van der Waals surface area (Å²) in [4.78, 5) is 66.1. The third-order valence-corrected chi connectivity index (χ3v) is 6.58. The van der Waals surface area contributed by atoms with Crippen LogP contribution in [0.3, 0.4) is 0 Å². The number of halogens is 1. The summed E-state index contributed by atoms with van der Waals surface area (Å²) in [5.41, 5.74) is 2.85. The van der Waals surface area contributed by atoms with Crippen molar-refractivity contribution in [2.24, 2.45) is 0 Å². The minimum absolute atomic E-state index is 0.159. The fraction of sp³-hybridized carbons (Fsp3) is 0.360. The topological polar surface area (TPSA) is 211 Å². The van der Waals surface area contributed by atoms with E-state index in [1.54, 1.807) is 6.92 Å². The van der Waals surface area contributed by atoms with Gasteiger partial charge in [-0.3, -0.25) is 9.69 Å². The predicted octanol–water partition coefficient (Wildman–Crippen LogP) is 2.05. The van der Waals surface area contributed by atoms with Gasteiger partial charge in [-0.2, -0.15) is 0 Å². The first-order valence-electron chi connectivity index (χ1n) is 11.9. The number of nitrogens with one attached hydrogen (secondary N) is 1. The second-order valence-electron chi connectivity index (χ2n) is 8.39. The van der Waals surface area contributed by atoms with Crippen molar-refractivity contribution in [2.45, 2.75) is 13.8 Å². The summed E-state index contributed by atoms with van der Waals surface area (Å²) >= 11 is 7.69. The fourth-order valence-electron chi connectivity index (χ4n) is 3.24. The molecule has 14 nitrogen and oxygen atoms in total. The summed E-state index contributed by atoms with van der Waals surface area (Å²) < 4.78 is 5.70. The number of rotatable bonds is 6. The number of carbonyl (C=O) groups excluding carboxylic acids is 2. The summed E-state index contributed by atoms with van der Waals surface area (Å²) in [6.45, 7) is 7.83. The van der Waals surface area contributed by atoms with Gasteiger partial charge in [0.05, 0.1) is 13.2 Å². The molecule has 1 aromatic heterocycles. The van der Waals surface area contributed by atoms with Crippen molar-refractivity contribution in [3.63, 3.8) is 0 Å². The highest BCUT2D eigenvalue weighted by atomic mass is 35.5. The lowest BCUT2D eigenvalue weighted by Gasteiger charge is -2.31. The zero-order valence-electron chi connectivity index (χ0n) is 22.4. The number of carboxylic acids is 4. The minimum Gasteiger partial charge on any atom is -0.473 e. The SMILES string of the molecule is CCOC(=O)c1c(NC(=O)CN2CCN(C)CC2)sc(Cl)c1-c1ccc(C)cc1.O=C(O)C(=O)O.O=C(O)C(=O)O. The highest BCUT2D eigenvalue weighted by Crippen LogP contribution is 2.44. The minimum atomic E-state index is -1.82. The van der Waals surface area contributed by atoms with E-state index in [0.717, 1.165) is 37.3 Å². The van der Waals surface area contributed by atoms with Crippen LogP contribution in [0.15, 0.2) is 24.3 Å². The number of piperazine rings is 1. The maximum Gasteiger partial charge on any atom is 0.414 e. The normalized spacial score (nSPS) is 13.0. The van der Waals surface area contributed by atoms with Crippen LogP contribution in [0, 0.1) is 6.92 Å². The van der Waals surface area contributed by atoms with Crippen molar-refractivity contribution >= 4 is 63.7 Å². The number of ether oxygens (including phenoxy) is 1. The molecule has 0 radical (unpaired) electrons. The van der Waals surface area contributed by atoms with Gasteiger partial charge >= 0.3 is 29.8 Å². The van der Waals surface area contributed by atoms with Gasteiger partial charge in [0.2, 0.25) is 5.91 Å². The van der Waals surface area contributed by atoms with Crippen molar-refractivity contribution in [3.8, 4) is 11.1 Å². The Balaban J connectivity index is 0.000000588. The van der Waals surface area contributed by atoms with E-state index < -0.39 is 29.8 Å². The molecule has 1 aliphatic heterocycles. The molecule has 2 aromatic rings. The average Bonchev–Trinajstić information content (AvgIpc) is 3.21. The van der Waals surface area contributed by atoms with Gasteiger partial charge < -0.3 is 35.4 Å². The van der Waals surface area contributed by atoms with Crippen LogP contribution in [0.5, 0.6) is 0 Å². The molecule has 1 amide bonds. The number of nitrogens with zero attached hydrogens (tertiary/aromatic N) is 2. The zero-order valence-corrected chi connectivity index (χ0v) is 24.0. The maximum atomic E-state index is 12.7. The smallest absolute Gasteiger partial charge is 0.414 e. The largest absolute Gasteiger partial charge is 0.473 e. The molecular formula is C25H30ClN3O11S. The van der Waals surface area contributed by atoms with Gasteiger partial charge in [-0.1, -0.05) is 41.4 Å². The van der Waals surface area contributed by atoms with Crippen molar-refractivity contribution in [1.29, 1.82) is 0 Å². The molecule has 1 saturated heterocycles. The number of aliphatic carboxylic acids is 4. The number of esters is 1. The number of carboxylic acid groups (broad SMARTS) is 4. The number of likely N-dealkylation sites (N-methyl/N-ethyl adjacent to an activating group) is 1. The standard InChI is InChI=1S/C21H26ClN3O3S.2C2H2O4/c1-4-28-21(27)18-17(15-7-5-14(2)6-8-15)19(22)29-20(18)23-16(26)13-25-11-9-24(3)10-12-25;2*3-1(4)2(5)6/h5-8H,4,9-13H2,1-3H3,(H,23,26);2*(H,3,4)(H,5,6). The Morgan fingerprint density at radius 1 is 0.902 bits per heavy atom. The van der Waals surface area contributed by atoms with Gasteiger partial charge in [-0.05, 0) is 26.5 Å². The zero-order chi connectivity index (χ0) is 31.3. The molecule has 3 rings (SSSR count). The molecule has 41 heavy (non-hydrogen) atoms. The van der Waals surface area contributed by atoms with Crippen LogP contribution in [0.25, 0.3) is 11.1 Å². The van der Waals surface area contributed by atoms with E-state index in [1.807, 2.05) is 31.2 Å². The van der Waals surface area contributed by atoms with E-state index in [-0.39, 0.29) is 19.1 Å². The second kappa shape index (κ2) is 16.9. The number of hydrogen-bond acceptors (Lipinski definition) is 10. The Kier molecular flexibility index (Phi) is 14.4. The predicted molar refractivity (Wildman–Crippen MR) is 149 cm³/mol. The van der Waals surface area contributed by atoms with Crippen molar-refractivity contribution in [3.05, 3.63) is 39.7 Å². The van der Waals surface area contributed by atoms with Gasteiger partial charge in [0, 0.05) is 31.7 Å². The lowest BCUT2D eigenvalue weighted by Crippen LogP contribution is -2.47. The first kappa shape index (κ1) is 35.0. The summed E-state index contributed by atoms with van der Waals surface area (Å²) in [7, 11) is 2.07. The molecule has 2 heterocycles. The van der Waals surface area contributed by atoms with Gasteiger partial charge in [0.1, 0.15) is 14.9 Å². The summed E-state index contributed by atoms with van der Waals surface area (Å²) in [6, 6.07) is 7.76. The number of anilines is 1. The van der Waals surface area contributed by atoms with E-state index in [0.29, 0.717) is 20.5 Å². The molecule has 0 atom stereocenters. The fourth-order valence-corrected chi connectivity index (χ4v) is 4.63. The number of amides is 1. The highest BCUT2D eigenvalue weighted by molar-refractivity contribution is 7.21. The van der Waals surface area contributed by atoms with Crippen molar-refractivity contribution < 1.29 is 53.9 Å². The Morgan fingerprint density at radius 2 is 1.39 bits per heavy atom. The Hall–Kier alpha value is -4.05. The van der Waals surface area contributed by atoms with Crippen molar-refractivity contribution in [2.75, 3.05) is 51.7 Å². The molecule has 224 valence electrons. The molecule has 16 heteroatoms. The van der Waals surface area contributed by atoms with Crippen LogP contribution in [0.1, 0.15) is 22.8 Å². The number of benzene rings is 1. The number of thiophene rings is 1. The number of hydrogen-bond donors (Lipinski definition) is 5. The van der Waals surface area contributed by atoms with E-state index in [4.69, 9.17) is 55.9 Å². The van der Waals surface area contributed by atoms with Crippen molar-refractivity contribution in [1.82, 2.24) is 9.80 Å². The van der Waals surface area contributed by atoms with E-state index in [9.17, 15) is 9.59 Å². The summed E-state index contributed by atoms with van der Waals surface area (Å²) in [5.74, 6) is -7.94. The lowest BCUT2D eigenvalue weighted by atomic mass is 10.0. The Labute approximate surface area is 243 Å². The molecule has 0 saturated carbocycles. The van der Waals surface area contributed by atoms with E-state index >= 15 is 0 Å². The number of aryl methyl sites for hydroxylation is 1. The Morgan fingerprint density at radius 3 is 1.83 bits per heavy atom. The molecule has 0 unspecified atom stereocenters. The maximum absolute atomic E-state index is 12.7. The molecule has 1 aliphatic rings. The molecule has 0 aliphatic carbocycles. The quantitative estimate of drug-likeness (QED) is 0.233. The molecule has 0 spiro atoms. The second-order valence-corrected chi connectivity index (χ2v) is 10.0. The Bertz CT molecular complexity index is 1210. The van der Waals surface area contributed by atoms with Gasteiger partial charge in [0.15, 0.2) is 0 Å².